The van der Waals surface area contributed by atoms with Gasteiger partial charge in [0.15, 0.2) is 0 Å². The summed E-state index contributed by atoms with van der Waals surface area (Å²) < 4.78 is 5.43. The van der Waals surface area contributed by atoms with E-state index in [1.165, 1.54) is 12.5 Å². The Morgan fingerprint density at radius 3 is 2.67 bits per heavy atom. The number of rotatable bonds is 11. The van der Waals surface area contributed by atoms with Gasteiger partial charge in [-0.1, -0.05) is 19.9 Å². The third-order valence-corrected chi connectivity index (χ3v) is 6.51. The van der Waals surface area contributed by atoms with Gasteiger partial charge in [-0.3, -0.25) is 14.6 Å². The zero-order valence-electron chi connectivity index (χ0n) is 18.4. The maximum atomic E-state index is 12.5. The fraction of sp³-hybridized carbons (Fsp3) is 0.609. The zero-order chi connectivity index (χ0) is 21.9. The summed E-state index contributed by atoms with van der Waals surface area (Å²) in [6, 6.07) is 6.24. The summed E-state index contributed by atoms with van der Waals surface area (Å²) in [5, 5.41) is 5.99. The molecule has 1 unspecified atom stereocenters. The highest BCUT2D eigenvalue weighted by Crippen LogP contribution is 2.33. The van der Waals surface area contributed by atoms with E-state index in [2.05, 4.69) is 48.3 Å². The molecule has 6 nitrogen and oxygen atoms in total. The molecule has 1 aliphatic heterocycles. The molecule has 0 aliphatic carbocycles. The number of ether oxygens (including phenoxy) is 1. The van der Waals surface area contributed by atoms with Crippen molar-refractivity contribution in [3.63, 3.8) is 0 Å². The molecule has 1 atom stereocenters. The fourth-order valence-electron chi connectivity index (χ4n) is 3.54. The van der Waals surface area contributed by atoms with Gasteiger partial charge in [-0.15, -0.1) is 11.8 Å². The van der Waals surface area contributed by atoms with Crippen LogP contribution in [0.4, 0.5) is 5.69 Å². The topological polar surface area (TPSA) is 79.8 Å². The molecular weight excluding hydrogens is 398 g/mol. The lowest BCUT2D eigenvalue weighted by Crippen LogP contribution is -2.49. The Balaban J connectivity index is 1.83. The molecule has 0 bridgehead atoms. The lowest BCUT2D eigenvalue weighted by atomic mass is 9.91. The van der Waals surface area contributed by atoms with Gasteiger partial charge in [0.1, 0.15) is 0 Å². The summed E-state index contributed by atoms with van der Waals surface area (Å²) in [6.45, 7) is 11.4. The minimum atomic E-state index is -0.0760. The lowest BCUT2D eigenvalue weighted by molar-refractivity contribution is -0.123. The molecule has 7 heteroatoms. The van der Waals surface area contributed by atoms with Crippen LogP contribution >= 0.6 is 11.8 Å². The molecule has 1 aliphatic rings. The van der Waals surface area contributed by atoms with Crippen LogP contribution in [0.15, 0.2) is 28.1 Å². The molecule has 166 valence electrons. The minimum Gasteiger partial charge on any atom is -0.381 e. The van der Waals surface area contributed by atoms with Crippen molar-refractivity contribution in [2.75, 3.05) is 25.5 Å². The summed E-state index contributed by atoms with van der Waals surface area (Å²) in [6.07, 6.45) is 3.06. The summed E-state index contributed by atoms with van der Waals surface area (Å²) in [5.74, 6) is 1.59. The van der Waals surface area contributed by atoms with E-state index in [9.17, 15) is 9.59 Å². The molecule has 0 saturated carbocycles. The van der Waals surface area contributed by atoms with Gasteiger partial charge in [-0.25, -0.2) is 0 Å². The van der Waals surface area contributed by atoms with Gasteiger partial charge < -0.3 is 15.4 Å². The van der Waals surface area contributed by atoms with Crippen molar-refractivity contribution in [1.29, 1.82) is 0 Å². The van der Waals surface area contributed by atoms with E-state index in [0.29, 0.717) is 38.0 Å². The van der Waals surface area contributed by atoms with Crippen molar-refractivity contribution in [2.24, 2.45) is 10.9 Å². The second kappa shape index (κ2) is 12.7. The van der Waals surface area contributed by atoms with Gasteiger partial charge in [-0.05, 0) is 61.3 Å². The molecular formula is C23H35N3O3S. The molecule has 1 saturated heterocycles. The molecule has 2 amide bonds. The van der Waals surface area contributed by atoms with Crippen LogP contribution in [0.1, 0.15) is 57.9 Å². The number of hydrogen-bond donors (Lipinski definition) is 2. The molecule has 30 heavy (non-hydrogen) atoms. The molecule has 0 radical (unpaired) electrons. The van der Waals surface area contributed by atoms with Crippen LogP contribution in [-0.4, -0.2) is 50.1 Å². The van der Waals surface area contributed by atoms with Crippen LogP contribution in [0.3, 0.4) is 0 Å². The largest absolute Gasteiger partial charge is 0.381 e. The first-order chi connectivity index (χ1) is 14.4. The number of aliphatic imine (C=N–C) groups is 1. The number of carbonyl (C=O) groups is 2. The number of thioether (sulfide) groups is 1. The lowest BCUT2D eigenvalue weighted by Gasteiger charge is -2.31. The average Bonchev–Trinajstić information content (AvgIpc) is 2.74. The van der Waals surface area contributed by atoms with Crippen molar-refractivity contribution in [3.8, 4) is 0 Å². The number of carbonyl (C=O) groups excluding carboxylic acids is 2. The summed E-state index contributed by atoms with van der Waals surface area (Å²) >= 11 is 1.72. The summed E-state index contributed by atoms with van der Waals surface area (Å²) in [4.78, 5) is 29.1. The third-order valence-electron chi connectivity index (χ3n) is 5.38. The van der Waals surface area contributed by atoms with Gasteiger partial charge in [-0.2, -0.15) is 0 Å². The summed E-state index contributed by atoms with van der Waals surface area (Å²) in [5.41, 5.74) is 2.17. The Kier molecular flexibility index (Phi) is 10.4. The number of amides is 2. The van der Waals surface area contributed by atoms with E-state index in [4.69, 9.17) is 4.74 Å². The zero-order valence-corrected chi connectivity index (χ0v) is 19.2. The Labute approximate surface area is 184 Å². The van der Waals surface area contributed by atoms with Crippen molar-refractivity contribution in [3.05, 3.63) is 23.8 Å². The van der Waals surface area contributed by atoms with Crippen molar-refractivity contribution in [1.82, 2.24) is 10.6 Å². The van der Waals surface area contributed by atoms with Crippen molar-refractivity contribution in [2.45, 2.75) is 63.3 Å². The first kappa shape index (κ1) is 24.4. The van der Waals surface area contributed by atoms with Crippen LogP contribution in [0.25, 0.3) is 0 Å². The normalized spacial score (nSPS) is 15.6. The van der Waals surface area contributed by atoms with Gasteiger partial charge in [0.25, 0.3) is 0 Å². The molecule has 1 aromatic carbocycles. The minimum absolute atomic E-state index is 0.0374. The van der Waals surface area contributed by atoms with Crippen LogP contribution in [0.5, 0.6) is 0 Å². The second-order valence-corrected chi connectivity index (χ2v) is 9.19. The van der Waals surface area contributed by atoms with E-state index < -0.39 is 0 Å². The smallest absolute Gasteiger partial charge is 0.220 e. The predicted molar refractivity (Wildman–Crippen MR) is 124 cm³/mol. The first-order valence-electron chi connectivity index (χ1n) is 10.8. The van der Waals surface area contributed by atoms with Gasteiger partial charge in [0, 0.05) is 44.0 Å². The maximum Gasteiger partial charge on any atom is 0.220 e. The Morgan fingerprint density at radius 1 is 1.30 bits per heavy atom. The molecule has 1 aromatic rings. The molecule has 0 spiro atoms. The van der Waals surface area contributed by atoms with Crippen LogP contribution in [-0.2, 0) is 14.3 Å². The van der Waals surface area contributed by atoms with Gasteiger partial charge >= 0.3 is 0 Å². The van der Waals surface area contributed by atoms with E-state index in [-0.39, 0.29) is 17.9 Å². The van der Waals surface area contributed by atoms with E-state index >= 15 is 0 Å². The molecule has 2 N–H and O–H groups in total. The van der Waals surface area contributed by atoms with Crippen molar-refractivity contribution >= 4 is 36.0 Å². The van der Waals surface area contributed by atoms with Crippen molar-refractivity contribution < 1.29 is 14.3 Å². The number of nitrogens with zero attached hydrogens (tertiary/aromatic N) is 1. The van der Waals surface area contributed by atoms with E-state index in [0.717, 1.165) is 35.6 Å². The fourth-order valence-corrected chi connectivity index (χ4v) is 4.55. The Bertz CT molecular complexity index is 718. The maximum absolute atomic E-state index is 12.5. The SMILES string of the molecule is C=Nc1ccc(C(C)C)cc1SCCCC(=O)NC(CNC(C)=O)C1CCOCC1. The summed E-state index contributed by atoms with van der Waals surface area (Å²) in [7, 11) is 0. The highest BCUT2D eigenvalue weighted by atomic mass is 32.2. The van der Waals surface area contributed by atoms with E-state index in [1.54, 1.807) is 11.8 Å². The van der Waals surface area contributed by atoms with Gasteiger partial charge in [0.2, 0.25) is 11.8 Å². The quantitative estimate of drug-likeness (QED) is 0.313. The van der Waals surface area contributed by atoms with Crippen LogP contribution in [0, 0.1) is 5.92 Å². The number of benzene rings is 1. The molecule has 1 fully saturated rings. The highest BCUT2D eigenvalue weighted by Gasteiger charge is 2.25. The Hall–Kier alpha value is -1.86. The molecule has 0 aromatic heterocycles. The standard InChI is InChI=1S/C23H35N3O3S/c1-16(2)19-7-8-20(24-4)22(14-19)30-13-5-6-23(28)26-21(15-25-17(3)27)18-9-11-29-12-10-18/h7-8,14,16,18,21H,4-6,9-13,15H2,1-3H3,(H,25,27)(H,26,28). The second-order valence-electron chi connectivity index (χ2n) is 8.05. The number of hydrogen-bond acceptors (Lipinski definition) is 5. The van der Waals surface area contributed by atoms with Gasteiger partial charge in [0.05, 0.1) is 5.69 Å². The first-order valence-corrected chi connectivity index (χ1v) is 11.7. The molecule has 2 rings (SSSR count). The predicted octanol–water partition coefficient (Wildman–Crippen LogP) is 4.06. The monoisotopic (exact) mass is 433 g/mol. The molecule has 1 heterocycles. The average molecular weight is 434 g/mol. The highest BCUT2D eigenvalue weighted by molar-refractivity contribution is 7.99. The van der Waals surface area contributed by atoms with Crippen LogP contribution in [0.2, 0.25) is 0 Å². The third kappa shape index (κ3) is 8.11. The number of nitrogens with one attached hydrogen (secondary N) is 2. The van der Waals surface area contributed by atoms with E-state index in [1.807, 2.05) is 6.07 Å². The Morgan fingerprint density at radius 2 is 2.03 bits per heavy atom. The van der Waals surface area contributed by atoms with Crippen LogP contribution < -0.4 is 10.6 Å².